The minimum atomic E-state index is 0.0445. The van der Waals surface area contributed by atoms with Crippen LogP contribution in [0.3, 0.4) is 0 Å². The lowest BCUT2D eigenvalue weighted by atomic mass is 9.82. The number of carbonyl (C=O) groups is 1. The number of piperidine rings is 1. The molecule has 2 aromatic heterocycles. The van der Waals surface area contributed by atoms with Gasteiger partial charge in [-0.05, 0) is 42.7 Å². The molecule has 0 radical (unpaired) electrons. The summed E-state index contributed by atoms with van der Waals surface area (Å²) in [4.78, 5) is 32.1. The van der Waals surface area contributed by atoms with Crippen LogP contribution < -0.4 is 5.56 Å². The third kappa shape index (κ3) is 2.83. The number of aromatic nitrogens is 2. The zero-order valence-corrected chi connectivity index (χ0v) is 15.5. The van der Waals surface area contributed by atoms with Gasteiger partial charge in [0.1, 0.15) is 0 Å². The van der Waals surface area contributed by atoms with Crippen molar-refractivity contribution in [2.75, 3.05) is 13.1 Å². The van der Waals surface area contributed by atoms with Gasteiger partial charge in [-0.25, -0.2) is 0 Å². The first kappa shape index (κ1) is 16.9. The Morgan fingerprint density at radius 2 is 1.82 bits per heavy atom. The van der Waals surface area contributed by atoms with Gasteiger partial charge in [0, 0.05) is 60.3 Å². The van der Waals surface area contributed by atoms with E-state index in [0.29, 0.717) is 31.1 Å². The highest BCUT2D eigenvalue weighted by atomic mass is 16.2. The van der Waals surface area contributed by atoms with E-state index in [1.54, 1.807) is 12.4 Å². The molecule has 2 aliphatic heterocycles. The van der Waals surface area contributed by atoms with Gasteiger partial charge in [-0.15, -0.1) is 0 Å². The van der Waals surface area contributed by atoms with Crippen molar-refractivity contribution in [2.45, 2.75) is 18.9 Å². The number of pyridine rings is 2. The number of nitrogens with zero attached hydrogens (tertiary/aromatic N) is 3. The number of carbonyl (C=O) groups excluding carboxylic acids is 1. The molecule has 4 heterocycles. The molecule has 140 valence electrons. The molecule has 1 amide bonds. The predicted molar refractivity (Wildman–Crippen MR) is 107 cm³/mol. The highest BCUT2D eigenvalue weighted by Crippen LogP contribution is 2.36. The number of hydrogen-bond acceptors (Lipinski definition) is 3. The van der Waals surface area contributed by atoms with E-state index in [-0.39, 0.29) is 17.4 Å². The minimum absolute atomic E-state index is 0.0445. The van der Waals surface area contributed by atoms with Crippen LogP contribution in [0.25, 0.3) is 11.1 Å². The lowest BCUT2D eigenvalue weighted by Crippen LogP contribution is -2.49. The Balaban J connectivity index is 1.47. The second kappa shape index (κ2) is 6.75. The van der Waals surface area contributed by atoms with Gasteiger partial charge in [0.05, 0.1) is 0 Å². The Morgan fingerprint density at radius 3 is 2.61 bits per heavy atom. The molecule has 2 unspecified atom stereocenters. The molecule has 2 bridgehead atoms. The van der Waals surface area contributed by atoms with E-state index in [9.17, 15) is 9.59 Å². The fourth-order valence-electron chi connectivity index (χ4n) is 4.62. The zero-order chi connectivity index (χ0) is 19.1. The summed E-state index contributed by atoms with van der Waals surface area (Å²) in [5, 5.41) is 0. The Hall–Kier alpha value is -3.21. The van der Waals surface area contributed by atoms with Crippen molar-refractivity contribution in [1.29, 1.82) is 0 Å². The molecule has 0 spiro atoms. The first-order chi connectivity index (χ1) is 13.7. The van der Waals surface area contributed by atoms with Crippen LogP contribution in [0.1, 0.15) is 28.4 Å². The molecular formula is C23H21N3O2. The maximum Gasteiger partial charge on any atom is 0.258 e. The molecule has 5 nitrogen and oxygen atoms in total. The molecular weight excluding hydrogens is 350 g/mol. The fraction of sp³-hybridized carbons (Fsp3) is 0.261. The maximum atomic E-state index is 13.1. The van der Waals surface area contributed by atoms with Crippen LogP contribution >= 0.6 is 0 Å². The average Bonchev–Trinajstić information content (AvgIpc) is 2.75. The minimum Gasteiger partial charge on any atom is -0.338 e. The third-order valence-electron chi connectivity index (χ3n) is 5.88. The van der Waals surface area contributed by atoms with E-state index in [1.807, 2.05) is 58.0 Å². The quantitative estimate of drug-likeness (QED) is 0.695. The Morgan fingerprint density at radius 1 is 0.964 bits per heavy atom. The van der Waals surface area contributed by atoms with Crippen molar-refractivity contribution in [3.05, 3.63) is 88.6 Å². The van der Waals surface area contributed by atoms with E-state index in [2.05, 4.69) is 11.1 Å². The molecule has 2 atom stereocenters. The summed E-state index contributed by atoms with van der Waals surface area (Å²) in [6, 6.07) is 17.2. The second-order valence-corrected chi connectivity index (χ2v) is 7.70. The van der Waals surface area contributed by atoms with Crippen molar-refractivity contribution in [3.63, 3.8) is 0 Å². The lowest BCUT2D eigenvalue weighted by Gasteiger charge is -2.43. The predicted octanol–water partition coefficient (Wildman–Crippen LogP) is 3.17. The van der Waals surface area contributed by atoms with Crippen LogP contribution in [0, 0.1) is 5.92 Å². The van der Waals surface area contributed by atoms with Gasteiger partial charge in [0.2, 0.25) is 0 Å². The van der Waals surface area contributed by atoms with Crippen LogP contribution in [0.4, 0.5) is 0 Å². The molecule has 0 aliphatic carbocycles. The Bertz CT molecular complexity index is 1080. The number of rotatable bonds is 2. The molecule has 5 heteroatoms. The van der Waals surface area contributed by atoms with Crippen molar-refractivity contribution in [1.82, 2.24) is 14.5 Å². The highest BCUT2D eigenvalue weighted by Gasteiger charge is 2.36. The summed E-state index contributed by atoms with van der Waals surface area (Å²) in [6.45, 7) is 2.03. The van der Waals surface area contributed by atoms with Gasteiger partial charge in [-0.3, -0.25) is 14.6 Å². The molecule has 28 heavy (non-hydrogen) atoms. The molecule has 5 rings (SSSR count). The molecule has 1 saturated heterocycles. The van der Waals surface area contributed by atoms with Gasteiger partial charge >= 0.3 is 0 Å². The van der Waals surface area contributed by atoms with Gasteiger partial charge in [-0.1, -0.05) is 24.3 Å². The van der Waals surface area contributed by atoms with Crippen LogP contribution in [0.2, 0.25) is 0 Å². The van der Waals surface area contributed by atoms with E-state index >= 15 is 0 Å². The monoisotopic (exact) mass is 371 g/mol. The zero-order valence-electron chi connectivity index (χ0n) is 15.5. The van der Waals surface area contributed by atoms with Crippen LogP contribution in [-0.2, 0) is 6.54 Å². The molecule has 1 aromatic carbocycles. The SMILES string of the molecule is O=C(c1ccccc1)N1CC2CC(C1)c1ccc(-c3cccnc3)c(=O)n1C2. The first-order valence-electron chi connectivity index (χ1n) is 9.69. The van der Waals surface area contributed by atoms with Crippen molar-refractivity contribution < 1.29 is 4.79 Å². The smallest absolute Gasteiger partial charge is 0.258 e. The van der Waals surface area contributed by atoms with Crippen molar-refractivity contribution in [2.24, 2.45) is 5.92 Å². The Labute approximate surface area is 163 Å². The molecule has 0 N–H and O–H groups in total. The average molecular weight is 371 g/mol. The number of amides is 1. The number of hydrogen-bond donors (Lipinski definition) is 0. The van der Waals surface area contributed by atoms with Crippen molar-refractivity contribution >= 4 is 5.91 Å². The number of benzene rings is 1. The standard InChI is InChI=1S/C23H21N3O2/c27-22(17-5-2-1-3-6-17)25-13-16-11-19(15-25)21-9-8-20(23(28)26(21)14-16)18-7-4-10-24-12-18/h1-10,12,16,19H,11,13-15H2. The Kier molecular flexibility index (Phi) is 4.08. The molecule has 0 saturated carbocycles. The second-order valence-electron chi connectivity index (χ2n) is 7.70. The summed E-state index contributed by atoms with van der Waals surface area (Å²) in [5.41, 5.74) is 3.35. The van der Waals surface area contributed by atoms with E-state index in [4.69, 9.17) is 0 Å². The fourth-order valence-corrected chi connectivity index (χ4v) is 4.62. The third-order valence-corrected chi connectivity index (χ3v) is 5.88. The van der Waals surface area contributed by atoms with Gasteiger partial charge in [0.15, 0.2) is 0 Å². The highest BCUT2D eigenvalue weighted by molar-refractivity contribution is 5.94. The summed E-state index contributed by atoms with van der Waals surface area (Å²) in [7, 11) is 0. The number of fused-ring (bicyclic) bond motifs is 4. The van der Waals surface area contributed by atoms with Crippen LogP contribution in [0.15, 0.2) is 71.8 Å². The molecule has 1 fully saturated rings. The topological polar surface area (TPSA) is 55.2 Å². The van der Waals surface area contributed by atoms with Gasteiger partial charge < -0.3 is 9.47 Å². The van der Waals surface area contributed by atoms with Crippen LogP contribution in [0.5, 0.6) is 0 Å². The summed E-state index contributed by atoms with van der Waals surface area (Å²) < 4.78 is 1.92. The summed E-state index contributed by atoms with van der Waals surface area (Å²) in [6.07, 6.45) is 4.47. The van der Waals surface area contributed by atoms with Crippen LogP contribution in [-0.4, -0.2) is 33.4 Å². The van der Waals surface area contributed by atoms with E-state index < -0.39 is 0 Å². The maximum absolute atomic E-state index is 13.1. The summed E-state index contributed by atoms with van der Waals surface area (Å²) >= 11 is 0. The normalized spacial score (nSPS) is 20.5. The van der Waals surface area contributed by atoms with E-state index in [1.165, 1.54) is 0 Å². The van der Waals surface area contributed by atoms with Gasteiger partial charge in [0.25, 0.3) is 11.5 Å². The first-order valence-corrected chi connectivity index (χ1v) is 9.69. The summed E-state index contributed by atoms with van der Waals surface area (Å²) in [5.74, 6) is 0.592. The lowest BCUT2D eigenvalue weighted by molar-refractivity contribution is 0.0594. The van der Waals surface area contributed by atoms with Crippen molar-refractivity contribution in [3.8, 4) is 11.1 Å². The molecule has 2 aliphatic rings. The molecule has 3 aromatic rings. The number of likely N-dealkylation sites (tertiary alicyclic amines) is 1. The van der Waals surface area contributed by atoms with E-state index in [0.717, 1.165) is 23.2 Å². The van der Waals surface area contributed by atoms with Gasteiger partial charge in [-0.2, -0.15) is 0 Å². The largest absolute Gasteiger partial charge is 0.338 e.